The number of carbonyl (C=O) groups excluding carboxylic acids is 2. The van der Waals surface area contributed by atoms with Gasteiger partial charge in [0.15, 0.2) is 0 Å². The molecule has 2 amide bonds. The van der Waals surface area contributed by atoms with Gasteiger partial charge in [0, 0.05) is 19.3 Å². The van der Waals surface area contributed by atoms with E-state index in [1.165, 1.54) is 29.7 Å². The van der Waals surface area contributed by atoms with E-state index in [4.69, 9.17) is 4.74 Å². The molecule has 0 aliphatic carbocycles. The molecule has 2 N–H and O–H groups in total. The third kappa shape index (κ3) is 5.33. The number of anilines is 1. The second kappa shape index (κ2) is 9.68. The summed E-state index contributed by atoms with van der Waals surface area (Å²) in [6.45, 7) is 0.222. The molecule has 0 saturated carbocycles. The number of nitrogens with zero attached hydrogens (tertiary/aromatic N) is 2. The predicted molar refractivity (Wildman–Crippen MR) is 110 cm³/mol. The van der Waals surface area contributed by atoms with E-state index in [0.29, 0.717) is 30.8 Å². The number of ether oxygens (including phenoxy) is 1. The van der Waals surface area contributed by atoms with Crippen LogP contribution >= 0.6 is 0 Å². The molecule has 1 atom stereocenters. The highest BCUT2D eigenvalue weighted by atomic mass is 32.2. The number of aromatic nitrogens is 1. The molecule has 1 unspecified atom stereocenters. The van der Waals surface area contributed by atoms with Gasteiger partial charge in [-0.2, -0.15) is 4.31 Å². The normalized spacial score (nSPS) is 17.2. The van der Waals surface area contributed by atoms with E-state index in [0.717, 1.165) is 0 Å². The summed E-state index contributed by atoms with van der Waals surface area (Å²) in [5.41, 5.74) is 0.533. The molecule has 1 aromatic carbocycles. The van der Waals surface area contributed by atoms with Crippen LogP contribution in [0, 0.1) is 5.92 Å². The van der Waals surface area contributed by atoms with E-state index in [1.807, 2.05) is 0 Å². The average Bonchev–Trinajstić information content (AvgIpc) is 2.78. The molecule has 0 spiro atoms. The van der Waals surface area contributed by atoms with Gasteiger partial charge in [-0.3, -0.25) is 14.6 Å². The first-order valence-electron chi connectivity index (χ1n) is 9.52. The zero-order valence-electron chi connectivity index (χ0n) is 16.6. The number of piperidine rings is 1. The molecule has 1 aliphatic heterocycles. The maximum Gasteiger partial charge on any atom is 0.243 e. The van der Waals surface area contributed by atoms with Crippen molar-refractivity contribution in [3.8, 4) is 5.75 Å². The maximum absolute atomic E-state index is 12.9. The second-order valence-electron chi connectivity index (χ2n) is 6.89. The van der Waals surface area contributed by atoms with Crippen molar-refractivity contribution in [1.29, 1.82) is 0 Å². The third-order valence-corrected chi connectivity index (χ3v) is 6.70. The molecule has 0 bridgehead atoms. The summed E-state index contributed by atoms with van der Waals surface area (Å²) in [6, 6.07) is 9.52. The highest BCUT2D eigenvalue weighted by molar-refractivity contribution is 7.89. The quantitative estimate of drug-likeness (QED) is 0.680. The lowest BCUT2D eigenvalue weighted by molar-refractivity contribution is -0.128. The largest absolute Gasteiger partial charge is 0.497 e. The number of rotatable bonds is 7. The van der Waals surface area contributed by atoms with Crippen LogP contribution in [0.3, 0.4) is 0 Å². The number of hydrogen-bond acceptors (Lipinski definition) is 6. The molecule has 2 heterocycles. The molecule has 9 nitrogen and oxygen atoms in total. The van der Waals surface area contributed by atoms with Gasteiger partial charge in [-0.05, 0) is 49.2 Å². The Bertz CT molecular complexity index is 980. The van der Waals surface area contributed by atoms with Crippen molar-refractivity contribution in [2.24, 2.45) is 5.92 Å². The molecule has 30 heavy (non-hydrogen) atoms. The van der Waals surface area contributed by atoms with Gasteiger partial charge in [0.1, 0.15) is 5.75 Å². The van der Waals surface area contributed by atoms with E-state index in [1.54, 1.807) is 30.5 Å². The van der Waals surface area contributed by atoms with Crippen LogP contribution in [0.4, 0.5) is 5.69 Å². The van der Waals surface area contributed by atoms with Crippen LogP contribution in [0.5, 0.6) is 5.75 Å². The predicted octanol–water partition coefficient (Wildman–Crippen LogP) is 1.25. The van der Waals surface area contributed by atoms with E-state index < -0.39 is 15.9 Å². The Morgan fingerprint density at radius 2 is 2.00 bits per heavy atom. The Morgan fingerprint density at radius 1 is 1.23 bits per heavy atom. The van der Waals surface area contributed by atoms with Gasteiger partial charge in [0.2, 0.25) is 21.8 Å². The second-order valence-corrected chi connectivity index (χ2v) is 8.82. The van der Waals surface area contributed by atoms with Gasteiger partial charge < -0.3 is 15.4 Å². The van der Waals surface area contributed by atoms with Crippen LogP contribution < -0.4 is 15.4 Å². The number of amides is 2. The van der Waals surface area contributed by atoms with Crippen LogP contribution in [0.15, 0.2) is 53.7 Å². The van der Waals surface area contributed by atoms with Gasteiger partial charge in [-0.25, -0.2) is 8.42 Å². The number of benzene rings is 1. The summed E-state index contributed by atoms with van der Waals surface area (Å²) in [4.78, 5) is 28.6. The summed E-state index contributed by atoms with van der Waals surface area (Å²) in [5, 5.41) is 5.22. The van der Waals surface area contributed by atoms with E-state index in [2.05, 4.69) is 15.6 Å². The number of carbonyl (C=O) groups is 2. The first-order valence-corrected chi connectivity index (χ1v) is 11.0. The minimum atomic E-state index is -3.71. The number of hydrogen-bond donors (Lipinski definition) is 2. The molecule has 2 aromatic rings. The van der Waals surface area contributed by atoms with Crippen LogP contribution in [0.2, 0.25) is 0 Å². The van der Waals surface area contributed by atoms with Gasteiger partial charge in [-0.1, -0.05) is 0 Å². The van der Waals surface area contributed by atoms with Crippen molar-refractivity contribution in [1.82, 2.24) is 14.6 Å². The molecule has 1 aliphatic rings. The van der Waals surface area contributed by atoms with Gasteiger partial charge in [-0.15, -0.1) is 0 Å². The molecule has 1 aromatic heterocycles. The van der Waals surface area contributed by atoms with Crippen LogP contribution in [0.25, 0.3) is 0 Å². The zero-order chi connectivity index (χ0) is 21.6. The molecule has 3 rings (SSSR count). The standard InChI is InChI=1S/C20H24N4O5S/c1-29-17-6-8-18(9-7-17)30(27,28)24-11-3-4-15(14-24)20(26)22-13-19(25)23-16-5-2-10-21-12-16/h2,5-10,12,15H,3-4,11,13-14H2,1H3,(H,22,26)(H,23,25). The van der Waals surface area contributed by atoms with E-state index in [9.17, 15) is 18.0 Å². The molecule has 0 radical (unpaired) electrons. The first-order chi connectivity index (χ1) is 14.4. The molecule has 10 heteroatoms. The number of pyridine rings is 1. The van der Waals surface area contributed by atoms with Crippen molar-refractivity contribution in [3.05, 3.63) is 48.8 Å². The van der Waals surface area contributed by atoms with Gasteiger partial charge in [0.25, 0.3) is 0 Å². The summed E-state index contributed by atoms with van der Waals surface area (Å²) >= 11 is 0. The van der Waals surface area contributed by atoms with Crippen LogP contribution in [-0.2, 0) is 19.6 Å². The minimum absolute atomic E-state index is 0.0738. The number of methoxy groups -OCH3 is 1. The highest BCUT2D eigenvalue weighted by Crippen LogP contribution is 2.25. The summed E-state index contributed by atoms with van der Waals surface area (Å²) in [5.74, 6) is -0.673. The Morgan fingerprint density at radius 3 is 2.67 bits per heavy atom. The monoisotopic (exact) mass is 432 g/mol. The average molecular weight is 433 g/mol. The van der Waals surface area contributed by atoms with Crippen molar-refractivity contribution >= 4 is 27.5 Å². The molecular weight excluding hydrogens is 408 g/mol. The summed E-state index contributed by atoms with van der Waals surface area (Å²) in [6.07, 6.45) is 4.22. The van der Waals surface area contributed by atoms with Crippen molar-refractivity contribution in [2.45, 2.75) is 17.7 Å². The lowest BCUT2D eigenvalue weighted by atomic mass is 9.99. The SMILES string of the molecule is COc1ccc(S(=O)(=O)N2CCCC(C(=O)NCC(=O)Nc3cccnc3)C2)cc1. The van der Waals surface area contributed by atoms with Crippen molar-refractivity contribution in [2.75, 3.05) is 32.1 Å². The minimum Gasteiger partial charge on any atom is -0.497 e. The highest BCUT2D eigenvalue weighted by Gasteiger charge is 2.33. The van der Waals surface area contributed by atoms with Crippen LogP contribution in [-0.4, -0.2) is 56.3 Å². The van der Waals surface area contributed by atoms with Gasteiger partial charge in [0.05, 0.1) is 36.4 Å². The lowest BCUT2D eigenvalue weighted by Gasteiger charge is -2.31. The maximum atomic E-state index is 12.9. The molecule has 160 valence electrons. The Hall–Kier alpha value is -2.98. The van der Waals surface area contributed by atoms with E-state index >= 15 is 0 Å². The Balaban J connectivity index is 1.56. The summed E-state index contributed by atoms with van der Waals surface area (Å²) in [7, 11) is -2.21. The summed E-state index contributed by atoms with van der Waals surface area (Å²) < 4.78 is 32.2. The lowest BCUT2D eigenvalue weighted by Crippen LogP contribution is -2.46. The van der Waals surface area contributed by atoms with E-state index in [-0.39, 0.29) is 29.8 Å². The van der Waals surface area contributed by atoms with Crippen molar-refractivity contribution < 1.29 is 22.7 Å². The fraction of sp³-hybridized carbons (Fsp3) is 0.350. The fourth-order valence-electron chi connectivity index (χ4n) is 3.23. The molecule has 1 fully saturated rings. The van der Waals surface area contributed by atoms with Crippen LogP contribution in [0.1, 0.15) is 12.8 Å². The zero-order valence-corrected chi connectivity index (χ0v) is 17.4. The Kier molecular flexibility index (Phi) is 7.01. The first kappa shape index (κ1) is 21.7. The Labute approximate surface area is 175 Å². The molecule has 1 saturated heterocycles. The number of sulfonamides is 1. The third-order valence-electron chi connectivity index (χ3n) is 4.82. The van der Waals surface area contributed by atoms with Gasteiger partial charge >= 0.3 is 0 Å². The molecular formula is C20H24N4O5S. The fourth-order valence-corrected chi connectivity index (χ4v) is 4.75. The number of nitrogens with one attached hydrogen (secondary N) is 2. The topological polar surface area (TPSA) is 118 Å². The smallest absolute Gasteiger partial charge is 0.243 e. The van der Waals surface area contributed by atoms with Crippen molar-refractivity contribution in [3.63, 3.8) is 0 Å².